The highest BCUT2D eigenvalue weighted by atomic mass is 16.5. The van der Waals surface area contributed by atoms with Crippen molar-refractivity contribution in [2.75, 3.05) is 13.7 Å². The second-order valence-electron chi connectivity index (χ2n) is 8.81. The molecular weight excluding hydrogens is 480 g/mol. The Balaban J connectivity index is 1.21. The maximum atomic E-state index is 12.8. The van der Waals surface area contributed by atoms with E-state index in [9.17, 15) is 9.90 Å². The highest BCUT2D eigenvalue weighted by molar-refractivity contribution is 5.97. The monoisotopic (exact) mass is 504 g/mol. The van der Waals surface area contributed by atoms with Gasteiger partial charge in [0.15, 0.2) is 0 Å². The third-order valence-electron chi connectivity index (χ3n) is 6.35. The average Bonchev–Trinajstić information content (AvgIpc) is 3.56. The first kappa shape index (κ1) is 23.2. The van der Waals surface area contributed by atoms with Crippen LogP contribution in [0.25, 0.3) is 39.2 Å². The number of imidazole rings is 2. The van der Waals surface area contributed by atoms with Crippen LogP contribution in [0.1, 0.15) is 16.1 Å². The summed E-state index contributed by atoms with van der Waals surface area (Å²) in [6, 6.07) is 20.1. The van der Waals surface area contributed by atoms with Crippen molar-refractivity contribution >= 4 is 22.6 Å². The number of nitrogens with one attached hydrogen (secondary N) is 2. The van der Waals surface area contributed by atoms with Gasteiger partial charge in [-0.05, 0) is 60.2 Å². The molecule has 0 fully saturated rings. The van der Waals surface area contributed by atoms with Gasteiger partial charge in [-0.2, -0.15) is 0 Å². The van der Waals surface area contributed by atoms with Crippen LogP contribution in [-0.4, -0.2) is 49.0 Å². The number of aromatic amines is 1. The lowest BCUT2D eigenvalue weighted by Crippen LogP contribution is -2.25. The molecule has 0 aliphatic heterocycles. The molecule has 0 spiro atoms. The summed E-state index contributed by atoms with van der Waals surface area (Å²) >= 11 is 0. The van der Waals surface area contributed by atoms with Gasteiger partial charge in [-0.1, -0.05) is 12.1 Å². The van der Waals surface area contributed by atoms with Gasteiger partial charge in [-0.3, -0.25) is 4.79 Å². The van der Waals surface area contributed by atoms with Crippen LogP contribution >= 0.6 is 0 Å². The Morgan fingerprint density at radius 1 is 1.05 bits per heavy atom. The summed E-state index contributed by atoms with van der Waals surface area (Å²) in [5.41, 5.74) is 5.83. The number of H-pyrrole nitrogens is 1. The van der Waals surface area contributed by atoms with Crippen LogP contribution < -0.4 is 10.1 Å². The number of carbonyl (C=O) groups excluding carboxylic acids is 1. The number of methoxy groups -OCH3 is 1. The molecule has 4 aromatic heterocycles. The number of phenolic OH excluding ortho intramolecular Hbond substituents is 1. The summed E-state index contributed by atoms with van der Waals surface area (Å²) in [6.07, 6.45) is 6.20. The predicted molar refractivity (Wildman–Crippen MR) is 144 cm³/mol. The first-order valence-corrected chi connectivity index (χ1v) is 12.1. The number of phenols is 1. The topological polar surface area (TPSA) is 117 Å². The van der Waals surface area contributed by atoms with E-state index in [1.54, 1.807) is 37.6 Å². The number of pyridine rings is 2. The molecule has 4 heterocycles. The van der Waals surface area contributed by atoms with Gasteiger partial charge in [-0.15, -0.1) is 0 Å². The van der Waals surface area contributed by atoms with Crippen LogP contribution in [0.5, 0.6) is 11.6 Å². The lowest BCUT2D eigenvalue weighted by atomic mass is 10.0. The zero-order chi connectivity index (χ0) is 26.1. The highest BCUT2D eigenvalue weighted by Crippen LogP contribution is 2.35. The molecule has 2 aromatic carbocycles. The Hall–Kier alpha value is -5.18. The third-order valence-corrected chi connectivity index (χ3v) is 6.35. The zero-order valence-corrected chi connectivity index (χ0v) is 20.5. The number of hydrogen-bond donors (Lipinski definition) is 3. The van der Waals surface area contributed by atoms with Crippen molar-refractivity contribution in [1.82, 2.24) is 29.7 Å². The second kappa shape index (κ2) is 9.70. The van der Waals surface area contributed by atoms with Crippen LogP contribution in [-0.2, 0) is 6.42 Å². The fraction of sp³-hybridized carbons (Fsp3) is 0.103. The lowest BCUT2D eigenvalue weighted by Gasteiger charge is -2.09. The normalized spacial score (nSPS) is 11.2. The Bertz CT molecular complexity index is 1760. The van der Waals surface area contributed by atoms with E-state index in [0.717, 1.165) is 28.0 Å². The molecule has 6 rings (SSSR count). The fourth-order valence-electron chi connectivity index (χ4n) is 4.45. The molecule has 0 aliphatic rings. The molecule has 0 saturated carbocycles. The van der Waals surface area contributed by atoms with E-state index in [2.05, 4.69) is 25.3 Å². The lowest BCUT2D eigenvalue weighted by molar-refractivity contribution is 0.0954. The van der Waals surface area contributed by atoms with E-state index in [-0.39, 0.29) is 11.7 Å². The van der Waals surface area contributed by atoms with E-state index in [1.165, 1.54) is 0 Å². The first-order valence-electron chi connectivity index (χ1n) is 12.1. The number of hydrogen-bond acceptors (Lipinski definition) is 6. The van der Waals surface area contributed by atoms with Gasteiger partial charge < -0.3 is 24.5 Å². The fourth-order valence-corrected chi connectivity index (χ4v) is 4.45. The number of amides is 1. The van der Waals surface area contributed by atoms with Gasteiger partial charge in [0.1, 0.15) is 17.2 Å². The molecule has 188 valence electrons. The average molecular weight is 505 g/mol. The molecule has 1 amide bonds. The van der Waals surface area contributed by atoms with Crippen molar-refractivity contribution in [3.63, 3.8) is 0 Å². The third kappa shape index (κ3) is 4.41. The number of rotatable bonds is 7. The van der Waals surface area contributed by atoms with Crippen LogP contribution in [0.3, 0.4) is 0 Å². The van der Waals surface area contributed by atoms with E-state index < -0.39 is 0 Å². The summed E-state index contributed by atoms with van der Waals surface area (Å²) in [4.78, 5) is 29.5. The van der Waals surface area contributed by atoms with E-state index >= 15 is 0 Å². The minimum Gasteiger partial charge on any atom is -0.507 e. The summed E-state index contributed by atoms with van der Waals surface area (Å²) in [5, 5.41) is 13.5. The van der Waals surface area contributed by atoms with Crippen molar-refractivity contribution in [3.8, 4) is 34.1 Å². The molecule has 0 radical (unpaired) electrons. The van der Waals surface area contributed by atoms with Crippen LogP contribution in [0, 0.1) is 0 Å². The Labute approximate surface area is 217 Å². The first-order chi connectivity index (χ1) is 18.6. The van der Waals surface area contributed by atoms with Gasteiger partial charge in [0.05, 0.1) is 29.4 Å². The maximum Gasteiger partial charge on any atom is 0.251 e. The molecule has 0 bridgehead atoms. The van der Waals surface area contributed by atoms with Crippen molar-refractivity contribution < 1.29 is 14.6 Å². The van der Waals surface area contributed by atoms with Gasteiger partial charge >= 0.3 is 0 Å². The number of benzene rings is 2. The van der Waals surface area contributed by atoms with E-state index in [1.807, 2.05) is 59.3 Å². The summed E-state index contributed by atoms with van der Waals surface area (Å²) < 4.78 is 7.35. The van der Waals surface area contributed by atoms with Crippen molar-refractivity contribution in [2.45, 2.75) is 6.42 Å². The molecule has 0 aliphatic carbocycles. The molecule has 0 unspecified atom stereocenters. The van der Waals surface area contributed by atoms with Crippen LogP contribution in [0.4, 0.5) is 0 Å². The number of aromatic hydroxyl groups is 1. The molecule has 6 aromatic rings. The number of fused-ring (bicyclic) bond motifs is 2. The summed E-state index contributed by atoms with van der Waals surface area (Å²) in [5.74, 6) is 0.881. The zero-order valence-electron chi connectivity index (χ0n) is 20.5. The smallest absolute Gasteiger partial charge is 0.251 e. The standard InChI is InChI=1S/C29H24N6O3/c1-38-29-21(5-4-12-31-29)18-8-10-25(36)22(15-18)27-33-23-9-7-19(16-24(23)34-27)28(37)30-13-11-20-17-35-14-3-2-6-26(35)32-20/h2-10,12,14-17,36H,11,13H2,1H3,(H,30,37)(H,33,34). The van der Waals surface area contributed by atoms with Gasteiger partial charge in [0.2, 0.25) is 5.88 Å². The quantitative estimate of drug-likeness (QED) is 0.292. The van der Waals surface area contributed by atoms with Crippen molar-refractivity contribution in [1.29, 1.82) is 0 Å². The summed E-state index contributed by atoms with van der Waals surface area (Å²) in [6.45, 7) is 0.463. The number of ether oxygens (including phenoxy) is 1. The van der Waals surface area contributed by atoms with Gasteiger partial charge in [0.25, 0.3) is 5.91 Å². The van der Waals surface area contributed by atoms with Crippen molar-refractivity contribution in [2.24, 2.45) is 0 Å². The maximum absolute atomic E-state index is 12.8. The molecule has 9 nitrogen and oxygen atoms in total. The predicted octanol–water partition coefficient (Wildman–Crippen LogP) is 4.63. The minimum atomic E-state index is -0.186. The van der Waals surface area contributed by atoms with Gasteiger partial charge in [0, 0.05) is 42.7 Å². The minimum absolute atomic E-state index is 0.0839. The molecule has 0 atom stereocenters. The molecule has 38 heavy (non-hydrogen) atoms. The van der Waals surface area contributed by atoms with E-state index in [4.69, 9.17) is 4.74 Å². The molecule has 0 saturated heterocycles. The molecular formula is C29H24N6O3. The number of aromatic nitrogens is 5. The highest BCUT2D eigenvalue weighted by Gasteiger charge is 2.15. The Morgan fingerprint density at radius 3 is 2.84 bits per heavy atom. The van der Waals surface area contributed by atoms with Crippen LogP contribution in [0.15, 0.2) is 85.3 Å². The molecule has 3 N–H and O–H groups in total. The van der Waals surface area contributed by atoms with Crippen molar-refractivity contribution in [3.05, 3.63) is 96.6 Å². The Kier molecular flexibility index (Phi) is 5.93. The van der Waals surface area contributed by atoms with Crippen LogP contribution in [0.2, 0.25) is 0 Å². The second-order valence-corrected chi connectivity index (χ2v) is 8.81. The largest absolute Gasteiger partial charge is 0.507 e. The molecule has 9 heteroatoms. The number of carbonyl (C=O) groups is 1. The van der Waals surface area contributed by atoms with E-state index in [0.29, 0.717) is 41.3 Å². The van der Waals surface area contributed by atoms with Gasteiger partial charge in [-0.25, -0.2) is 15.0 Å². The SMILES string of the molecule is COc1ncccc1-c1ccc(O)c(-c2nc3cc(C(=O)NCCc4cn5ccccc5n4)ccc3[nH]2)c1. The number of nitrogens with zero attached hydrogens (tertiary/aromatic N) is 4. The Morgan fingerprint density at radius 2 is 1.97 bits per heavy atom. The summed E-state index contributed by atoms with van der Waals surface area (Å²) in [7, 11) is 1.57.